The van der Waals surface area contributed by atoms with E-state index >= 15 is 0 Å². The number of rotatable bonds is 3. The van der Waals surface area contributed by atoms with Crippen molar-refractivity contribution < 1.29 is 18.6 Å². The molecule has 0 aliphatic heterocycles. The number of ether oxygens (including phenoxy) is 1. The van der Waals surface area contributed by atoms with Crippen LogP contribution >= 0.6 is 0 Å². The second kappa shape index (κ2) is 6.30. The van der Waals surface area contributed by atoms with E-state index in [0.29, 0.717) is 12.8 Å². The predicted molar refractivity (Wildman–Crippen MR) is 49.5 cm³/mol. The first kappa shape index (κ1) is 11.9. The van der Waals surface area contributed by atoms with Crippen LogP contribution < -0.4 is 0 Å². The molecule has 14 heavy (non-hydrogen) atoms. The Balaban J connectivity index is 2.29. The molecule has 2 atom stereocenters. The summed E-state index contributed by atoms with van der Waals surface area (Å²) in [7, 11) is 0. The fourth-order valence-corrected chi connectivity index (χ4v) is 1.82. The largest absolute Gasteiger partial charge is 0.390 e. The molecule has 1 N–H and O–H groups in total. The molecule has 0 amide bonds. The molecule has 0 bridgehead atoms. The van der Waals surface area contributed by atoms with Gasteiger partial charge >= 0.3 is 0 Å². The van der Waals surface area contributed by atoms with Gasteiger partial charge in [0.2, 0.25) is 0 Å². The zero-order chi connectivity index (χ0) is 10.4. The van der Waals surface area contributed by atoms with Crippen molar-refractivity contribution in [1.29, 1.82) is 0 Å². The topological polar surface area (TPSA) is 29.5 Å². The maximum atomic E-state index is 11.9. The smallest absolute Gasteiger partial charge is 0.261 e. The summed E-state index contributed by atoms with van der Waals surface area (Å²) in [5, 5.41) is 9.62. The lowest BCUT2D eigenvalue weighted by molar-refractivity contribution is -0.0827. The van der Waals surface area contributed by atoms with Gasteiger partial charge in [-0.25, -0.2) is 8.78 Å². The lowest BCUT2D eigenvalue weighted by atomic mass is 9.96. The van der Waals surface area contributed by atoms with E-state index in [1.54, 1.807) is 0 Å². The molecular weight excluding hydrogens is 190 g/mol. The normalized spacial score (nSPS) is 30.0. The third-order valence-electron chi connectivity index (χ3n) is 2.60. The highest BCUT2D eigenvalue weighted by Gasteiger charge is 2.22. The lowest BCUT2D eigenvalue weighted by Gasteiger charge is -2.25. The van der Waals surface area contributed by atoms with E-state index in [1.807, 2.05) is 0 Å². The van der Waals surface area contributed by atoms with Crippen LogP contribution in [-0.4, -0.2) is 30.3 Å². The van der Waals surface area contributed by atoms with Gasteiger partial charge < -0.3 is 9.84 Å². The highest BCUT2D eigenvalue weighted by Crippen LogP contribution is 2.20. The van der Waals surface area contributed by atoms with Gasteiger partial charge in [0.15, 0.2) is 0 Å². The summed E-state index contributed by atoms with van der Waals surface area (Å²) < 4.78 is 28.8. The van der Waals surface area contributed by atoms with Crippen molar-refractivity contribution in [3.05, 3.63) is 0 Å². The highest BCUT2D eigenvalue weighted by atomic mass is 19.3. The first-order chi connectivity index (χ1) is 6.70. The molecule has 0 heterocycles. The first-order valence-corrected chi connectivity index (χ1v) is 5.28. The maximum absolute atomic E-state index is 11.9. The molecule has 2 nitrogen and oxygen atoms in total. The molecule has 0 aromatic rings. The fraction of sp³-hybridized carbons (Fsp3) is 1.00. The van der Waals surface area contributed by atoms with Gasteiger partial charge in [-0.05, 0) is 12.8 Å². The van der Waals surface area contributed by atoms with Gasteiger partial charge in [-0.3, -0.25) is 0 Å². The summed E-state index contributed by atoms with van der Waals surface area (Å²) in [6.45, 7) is -0.554. The van der Waals surface area contributed by atoms with Crippen molar-refractivity contribution in [2.24, 2.45) is 0 Å². The Morgan fingerprint density at radius 2 is 1.79 bits per heavy atom. The van der Waals surface area contributed by atoms with Crippen molar-refractivity contribution in [2.75, 3.05) is 6.61 Å². The molecule has 1 aliphatic rings. The van der Waals surface area contributed by atoms with E-state index < -0.39 is 19.1 Å². The van der Waals surface area contributed by atoms with E-state index in [0.717, 1.165) is 25.7 Å². The minimum Gasteiger partial charge on any atom is -0.390 e. The SMILES string of the molecule is OC1CCCCCCC1OCC(F)F. The van der Waals surface area contributed by atoms with Gasteiger partial charge in [0.25, 0.3) is 6.43 Å². The third kappa shape index (κ3) is 4.33. The van der Waals surface area contributed by atoms with Gasteiger partial charge in [-0.1, -0.05) is 25.7 Å². The van der Waals surface area contributed by atoms with Crippen LogP contribution in [-0.2, 0) is 4.74 Å². The Bertz CT molecular complexity index is 153. The first-order valence-electron chi connectivity index (χ1n) is 5.28. The minimum absolute atomic E-state index is 0.385. The van der Waals surface area contributed by atoms with Gasteiger partial charge in [0.1, 0.15) is 6.61 Å². The molecule has 0 saturated heterocycles. The van der Waals surface area contributed by atoms with Gasteiger partial charge in [0, 0.05) is 0 Å². The van der Waals surface area contributed by atoms with E-state index in [9.17, 15) is 13.9 Å². The third-order valence-corrected chi connectivity index (χ3v) is 2.60. The van der Waals surface area contributed by atoms with E-state index in [-0.39, 0.29) is 6.10 Å². The van der Waals surface area contributed by atoms with Crippen LogP contribution in [0.4, 0.5) is 8.78 Å². The quantitative estimate of drug-likeness (QED) is 0.771. The molecule has 1 rings (SSSR count). The molecule has 0 aromatic carbocycles. The monoisotopic (exact) mass is 208 g/mol. The molecule has 4 heteroatoms. The number of hydrogen-bond donors (Lipinski definition) is 1. The Labute approximate surface area is 83.3 Å². The van der Waals surface area contributed by atoms with Crippen LogP contribution in [0.3, 0.4) is 0 Å². The van der Waals surface area contributed by atoms with Crippen LogP contribution in [0.1, 0.15) is 38.5 Å². The number of aliphatic hydroxyl groups is 1. The molecule has 2 unspecified atom stereocenters. The van der Waals surface area contributed by atoms with Crippen molar-refractivity contribution in [3.63, 3.8) is 0 Å². The van der Waals surface area contributed by atoms with Crippen LogP contribution in [0, 0.1) is 0 Å². The number of hydrogen-bond acceptors (Lipinski definition) is 2. The fourth-order valence-electron chi connectivity index (χ4n) is 1.82. The summed E-state index contributed by atoms with van der Waals surface area (Å²) in [5.41, 5.74) is 0. The summed E-state index contributed by atoms with van der Waals surface area (Å²) in [5.74, 6) is 0. The van der Waals surface area contributed by atoms with Crippen molar-refractivity contribution in [3.8, 4) is 0 Å². The average Bonchev–Trinajstić information content (AvgIpc) is 2.10. The average molecular weight is 208 g/mol. The molecule has 0 aromatic heterocycles. The van der Waals surface area contributed by atoms with E-state index in [2.05, 4.69) is 0 Å². The molecule has 1 saturated carbocycles. The molecule has 1 fully saturated rings. The van der Waals surface area contributed by atoms with Gasteiger partial charge in [-0.2, -0.15) is 0 Å². The predicted octanol–water partition coefficient (Wildman–Crippen LogP) is 2.35. The van der Waals surface area contributed by atoms with Crippen LogP contribution in [0.25, 0.3) is 0 Å². The Hall–Kier alpha value is -0.220. The van der Waals surface area contributed by atoms with Gasteiger partial charge in [0.05, 0.1) is 12.2 Å². The Morgan fingerprint density at radius 1 is 1.14 bits per heavy atom. The second-order valence-corrected chi connectivity index (χ2v) is 3.82. The zero-order valence-electron chi connectivity index (χ0n) is 8.29. The lowest BCUT2D eigenvalue weighted by Crippen LogP contribution is -2.31. The van der Waals surface area contributed by atoms with Crippen LogP contribution in [0.15, 0.2) is 0 Å². The standard InChI is InChI=1S/C10H18F2O2/c11-10(12)7-14-9-6-4-2-1-3-5-8(9)13/h8-10,13H,1-7H2. The summed E-state index contributed by atoms with van der Waals surface area (Å²) >= 11 is 0. The maximum Gasteiger partial charge on any atom is 0.261 e. The van der Waals surface area contributed by atoms with Crippen LogP contribution in [0.2, 0.25) is 0 Å². The summed E-state index contributed by atoms with van der Waals surface area (Å²) in [6.07, 6.45) is 2.16. The Morgan fingerprint density at radius 3 is 2.43 bits per heavy atom. The highest BCUT2D eigenvalue weighted by molar-refractivity contribution is 4.72. The number of halogens is 2. The van der Waals surface area contributed by atoms with E-state index in [1.165, 1.54) is 0 Å². The van der Waals surface area contributed by atoms with Crippen molar-refractivity contribution >= 4 is 0 Å². The number of alkyl halides is 2. The van der Waals surface area contributed by atoms with E-state index in [4.69, 9.17) is 4.74 Å². The van der Waals surface area contributed by atoms with Crippen LogP contribution in [0.5, 0.6) is 0 Å². The summed E-state index contributed by atoms with van der Waals surface area (Å²) in [4.78, 5) is 0. The number of aliphatic hydroxyl groups excluding tert-OH is 1. The second-order valence-electron chi connectivity index (χ2n) is 3.82. The molecular formula is C10H18F2O2. The zero-order valence-corrected chi connectivity index (χ0v) is 8.29. The van der Waals surface area contributed by atoms with Gasteiger partial charge in [-0.15, -0.1) is 0 Å². The molecule has 0 spiro atoms. The Kier molecular flexibility index (Phi) is 5.33. The molecule has 0 radical (unpaired) electrons. The van der Waals surface area contributed by atoms with Crippen molar-refractivity contribution in [2.45, 2.75) is 57.2 Å². The summed E-state index contributed by atoms with van der Waals surface area (Å²) in [6, 6.07) is 0. The van der Waals surface area contributed by atoms with Crippen molar-refractivity contribution in [1.82, 2.24) is 0 Å². The molecule has 1 aliphatic carbocycles. The minimum atomic E-state index is -2.44. The molecule has 84 valence electrons.